The fourth-order valence-corrected chi connectivity index (χ4v) is 27.1. The van der Waals surface area contributed by atoms with E-state index in [0.717, 1.165) is 3.63 Å². The number of fused-ring (bicyclic) bond motifs is 1. The molecule has 1 unspecified atom stereocenters. The molecule has 0 saturated heterocycles. The Morgan fingerprint density at radius 3 is 1.79 bits per heavy atom. The molecule has 0 bridgehead atoms. The van der Waals surface area contributed by atoms with Gasteiger partial charge < -0.3 is 0 Å². The van der Waals surface area contributed by atoms with Gasteiger partial charge in [0.05, 0.1) is 0 Å². The molecule has 2 aromatic carbocycles. The zero-order valence-electron chi connectivity index (χ0n) is 18.9. The molecule has 2 heteroatoms. The van der Waals surface area contributed by atoms with E-state index in [1.807, 2.05) is 0 Å². The molecular formula is C27H32SiZr. The molecule has 0 saturated carbocycles. The molecule has 2 aliphatic rings. The van der Waals surface area contributed by atoms with Crippen LogP contribution in [0.5, 0.6) is 0 Å². The van der Waals surface area contributed by atoms with Crippen LogP contribution in [0, 0.1) is 0 Å². The molecule has 2 aliphatic carbocycles. The zero-order chi connectivity index (χ0) is 20.9. The van der Waals surface area contributed by atoms with Crippen LogP contribution in [-0.2, 0) is 20.4 Å². The maximum atomic E-state index is 2.61. The molecule has 0 radical (unpaired) electrons. The van der Waals surface area contributed by atoms with Gasteiger partial charge in [-0.15, -0.1) is 0 Å². The van der Waals surface area contributed by atoms with Gasteiger partial charge in [-0.05, 0) is 0 Å². The number of allylic oxidation sites excluding steroid dienone is 5. The third kappa shape index (κ3) is 3.37. The van der Waals surface area contributed by atoms with Gasteiger partial charge in [-0.25, -0.2) is 0 Å². The van der Waals surface area contributed by atoms with Gasteiger partial charge in [0.1, 0.15) is 0 Å². The fraction of sp³-hybridized carbons (Fsp3) is 0.333. The molecule has 1 atom stereocenters. The van der Waals surface area contributed by atoms with E-state index in [4.69, 9.17) is 0 Å². The molecule has 148 valence electrons. The number of hydrogen-bond donors (Lipinski definition) is 0. The Labute approximate surface area is 184 Å². The first-order valence-corrected chi connectivity index (χ1v) is 19.7. The van der Waals surface area contributed by atoms with Crippen LogP contribution < -0.4 is 0 Å². The summed E-state index contributed by atoms with van der Waals surface area (Å²) in [7, 11) is 0. The summed E-state index contributed by atoms with van der Waals surface area (Å²) in [5.41, 5.74) is 13.9. The second-order valence-corrected chi connectivity index (χ2v) is 26.8. The van der Waals surface area contributed by atoms with Crippen molar-refractivity contribution in [1.82, 2.24) is 0 Å². The van der Waals surface area contributed by atoms with Crippen molar-refractivity contribution in [2.75, 3.05) is 0 Å². The normalized spacial score (nSPS) is 19.3. The van der Waals surface area contributed by atoms with E-state index >= 15 is 0 Å². The van der Waals surface area contributed by atoms with Crippen LogP contribution in [0.2, 0.25) is 16.7 Å². The number of benzene rings is 2. The summed E-state index contributed by atoms with van der Waals surface area (Å²) in [6, 6.07) is 20.4. The van der Waals surface area contributed by atoms with Crippen LogP contribution >= 0.6 is 0 Å². The average molecular weight is 476 g/mol. The second kappa shape index (κ2) is 8.12. The summed E-state index contributed by atoms with van der Waals surface area (Å²) in [4.78, 5) is 0. The van der Waals surface area contributed by atoms with Crippen molar-refractivity contribution in [3.05, 3.63) is 99.2 Å². The first-order valence-electron chi connectivity index (χ1n) is 10.7. The third-order valence-electron chi connectivity index (χ3n) is 7.24. The van der Waals surface area contributed by atoms with Gasteiger partial charge in [-0.1, -0.05) is 0 Å². The van der Waals surface area contributed by atoms with Crippen molar-refractivity contribution >= 4 is 11.0 Å². The van der Waals surface area contributed by atoms with Crippen LogP contribution in [0.1, 0.15) is 54.9 Å². The SMILES string of the molecule is CC1=C(C)[CH]([Zr]([CH]2C(C)=C(c3ccccc3)c3ccccc32)=[Si](C)C)C(C)=C1C. The first-order chi connectivity index (χ1) is 13.8. The molecule has 2 aromatic rings. The summed E-state index contributed by atoms with van der Waals surface area (Å²) >= 11 is -1.89. The molecular weight excluding hydrogens is 444 g/mol. The number of rotatable bonds is 3. The monoisotopic (exact) mass is 474 g/mol. The van der Waals surface area contributed by atoms with E-state index < -0.39 is 20.4 Å². The van der Waals surface area contributed by atoms with E-state index in [9.17, 15) is 0 Å². The number of hydrogen-bond acceptors (Lipinski definition) is 0. The summed E-state index contributed by atoms with van der Waals surface area (Å²) in [5, 5.41) is 0. The predicted molar refractivity (Wildman–Crippen MR) is 125 cm³/mol. The van der Waals surface area contributed by atoms with Crippen LogP contribution in [-0.4, -0.2) is 5.43 Å². The van der Waals surface area contributed by atoms with E-state index in [1.54, 1.807) is 33.4 Å². The van der Waals surface area contributed by atoms with Crippen LogP contribution in [0.25, 0.3) is 5.57 Å². The Hall–Kier alpha value is -1.24. The molecule has 0 heterocycles. The Bertz CT molecular complexity index is 1080. The Balaban J connectivity index is 1.96. The second-order valence-electron chi connectivity index (χ2n) is 8.95. The molecule has 0 spiro atoms. The van der Waals surface area contributed by atoms with E-state index in [-0.39, 0.29) is 5.43 Å². The summed E-state index contributed by atoms with van der Waals surface area (Å²) in [5.74, 6) is 0. The van der Waals surface area contributed by atoms with Crippen LogP contribution in [0.4, 0.5) is 0 Å². The van der Waals surface area contributed by atoms with Gasteiger partial charge in [0.25, 0.3) is 0 Å². The van der Waals surface area contributed by atoms with Gasteiger partial charge in [0, 0.05) is 0 Å². The molecule has 0 amide bonds. The average Bonchev–Trinajstić information content (AvgIpc) is 3.10. The van der Waals surface area contributed by atoms with Crippen molar-refractivity contribution in [3.8, 4) is 0 Å². The topological polar surface area (TPSA) is 0 Å². The molecule has 0 aromatic heterocycles. The van der Waals surface area contributed by atoms with Crippen LogP contribution in [0.15, 0.2) is 82.5 Å². The van der Waals surface area contributed by atoms with Gasteiger partial charge in [-0.2, -0.15) is 0 Å². The standard InChI is InChI=1S/C16H13.C9H13.C2H6Si.Zr/c1-12-11-14-9-5-6-10-15(14)16(12)13-7-3-2-4-8-13;1-6-5-7(2)9(4)8(6)3;1-3-2;/h2-11H,1H3;5H,1-4H3;1-2H3;. The van der Waals surface area contributed by atoms with E-state index in [2.05, 4.69) is 102 Å². The van der Waals surface area contributed by atoms with Gasteiger partial charge >= 0.3 is 185 Å². The first kappa shape index (κ1) is 21.0. The van der Waals surface area contributed by atoms with Crippen molar-refractivity contribution in [3.63, 3.8) is 0 Å². The third-order valence-corrected chi connectivity index (χ3v) is 27.3. The molecule has 29 heavy (non-hydrogen) atoms. The Morgan fingerprint density at radius 2 is 1.21 bits per heavy atom. The van der Waals surface area contributed by atoms with Gasteiger partial charge in [-0.3, -0.25) is 0 Å². The summed E-state index contributed by atoms with van der Waals surface area (Å²) < 4.78 is 1.49. The maximum absolute atomic E-state index is 2.61. The quantitative estimate of drug-likeness (QED) is 0.396. The molecule has 0 aliphatic heterocycles. The van der Waals surface area contributed by atoms with Crippen molar-refractivity contribution < 1.29 is 20.4 Å². The van der Waals surface area contributed by atoms with Gasteiger partial charge in [0.15, 0.2) is 0 Å². The van der Waals surface area contributed by atoms with Crippen LogP contribution in [0.3, 0.4) is 0 Å². The Morgan fingerprint density at radius 1 is 0.655 bits per heavy atom. The Kier molecular flexibility index (Phi) is 5.88. The fourth-order valence-electron chi connectivity index (χ4n) is 5.51. The molecule has 0 N–H and O–H groups in total. The van der Waals surface area contributed by atoms with E-state index in [0.29, 0.717) is 3.63 Å². The summed E-state index contributed by atoms with van der Waals surface area (Å²) in [6.45, 7) is 17.2. The molecule has 0 fully saturated rings. The minimum absolute atomic E-state index is 0.335. The van der Waals surface area contributed by atoms with E-state index in [1.165, 1.54) is 16.7 Å². The zero-order valence-corrected chi connectivity index (χ0v) is 22.3. The van der Waals surface area contributed by atoms with Crippen molar-refractivity contribution in [2.45, 2.75) is 55.0 Å². The minimum atomic E-state index is -1.89. The van der Waals surface area contributed by atoms with Crippen molar-refractivity contribution in [2.24, 2.45) is 0 Å². The predicted octanol–water partition coefficient (Wildman–Crippen LogP) is 7.91. The van der Waals surface area contributed by atoms with Crippen molar-refractivity contribution in [1.29, 1.82) is 0 Å². The van der Waals surface area contributed by atoms with Gasteiger partial charge in [0.2, 0.25) is 0 Å². The molecule has 0 nitrogen and oxygen atoms in total. The molecule has 4 rings (SSSR count). The summed E-state index contributed by atoms with van der Waals surface area (Å²) in [6.07, 6.45) is 0.